The lowest BCUT2D eigenvalue weighted by molar-refractivity contribution is -0.316. The molecule has 15 atom stereocenters. The van der Waals surface area contributed by atoms with E-state index in [1.54, 1.807) is 0 Å². The molecule has 3 aliphatic rings. The maximum Gasteiger partial charge on any atom is 0.250 e. The van der Waals surface area contributed by atoms with E-state index in [1.165, 1.54) is 0 Å². The van der Waals surface area contributed by atoms with Crippen LogP contribution < -0.4 is 39.3 Å². The van der Waals surface area contributed by atoms with Gasteiger partial charge in [0.1, 0.15) is 42.7 Å². The predicted molar refractivity (Wildman–Crippen MR) is 138 cm³/mol. The van der Waals surface area contributed by atoms with Crippen molar-refractivity contribution in [3.8, 4) is 0 Å². The highest BCUT2D eigenvalue weighted by atomic mass is 16.7. The molecule has 1 saturated carbocycles. The largest absolute Gasteiger partial charge is 0.394 e. The Balaban J connectivity index is 1.87. The van der Waals surface area contributed by atoms with E-state index >= 15 is 0 Å². The van der Waals surface area contributed by atoms with Crippen molar-refractivity contribution < 1.29 is 54.4 Å². The maximum atomic E-state index is 12.5. The van der Waals surface area contributed by atoms with Gasteiger partial charge in [-0.1, -0.05) is 0 Å². The normalized spacial score (nSPS) is 44.1. The molecule has 0 aromatic heterocycles. The minimum Gasteiger partial charge on any atom is -0.394 e. The van der Waals surface area contributed by atoms with Crippen molar-refractivity contribution in [1.29, 1.82) is 5.41 Å². The van der Waals surface area contributed by atoms with Crippen LogP contribution >= 0.6 is 0 Å². The molecule has 1 unspecified atom stereocenters. The van der Waals surface area contributed by atoms with Gasteiger partial charge in [0.2, 0.25) is 5.91 Å². The van der Waals surface area contributed by atoms with Gasteiger partial charge < -0.3 is 88.9 Å². The van der Waals surface area contributed by atoms with Crippen LogP contribution in [0.4, 0.5) is 0 Å². The van der Waals surface area contributed by atoms with Crippen LogP contribution in [0, 0.1) is 5.41 Å². The Bertz CT molecular complexity index is 877. The molecule has 2 saturated heterocycles. The van der Waals surface area contributed by atoms with Crippen LogP contribution in [0.25, 0.3) is 0 Å². The smallest absolute Gasteiger partial charge is 0.250 e. The number of carbonyl (C=O) groups excluding carboxylic acids is 1. The molecule has 3 fully saturated rings. The van der Waals surface area contributed by atoms with Crippen LogP contribution in [-0.4, -0.2) is 154 Å². The number of nitrogens with two attached hydrogens (primary N) is 5. The highest BCUT2D eigenvalue weighted by molar-refractivity contribution is 5.81. The molecule has 0 aromatic rings. The third-order valence-corrected chi connectivity index (χ3v) is 7.53. The van der Waals surface area contributed by atoms with Gasteiger partial charge in [0.15, 0.2) is 18.5 Å². The van der Waals surface area contributed by atoms with Gasteiger partial charge in [0.05, 0.1) is 36.9 Å². The summed E-state index contributed by atoms with van der Waals surface area (Å²) < 4.78 is 23.2. The fraction of sp³-hybridized carbons (Fsp3) is 0.909. The van der Waals surface area contributed by atoms with E-state index in [1.807, 2.05) is 0 Å². The summed E-state index contributed by atoms with van der Waals surface area (Å²) in [5.74, 6) is -1.31. The summed E-state index contributed by atoms with van der Waals surface area (Å²) in [6, 6.07) is -4.17. The Kier molecular flexibility index (Phi) is 12.0. The SMILES string of the molecule is N=C(N)N[C@@H]1C[C@H](O)[C@@H](CN)O[C@@H]1OC1[C@@H](N)C[C@@H](NC(=O)[C@@H](O)CN)[C@H](O[C@H]2O[C@H](CO)[C@@H](O)[C@H](N)[C@H]2O)[C@H]1O. The Morgan fingerprint density at radius 3 is 2.15 bits per heavy atom. The molecule has 19 nitrogen and oxygen atoms in total. The van der Waals surface area contributed by atoms with Gasteiger partial charge in [-0.3, -0.25) is 10.2 Å². The second-order valence-electron chi connectivity index (χ2n) is 10.5. The summed E-state index contributed by atoms with van der Waals surface area (Å²) in [7, 11) is 0. The lowest BCUT2D eigenvalue weighted by atomic mass is 9.83. The van der Waals surface area contributed by atoms with Crippen molar-refractivity contribution in [3.05, 3.63) is 0 Å². The molecule has 3 rings (SSSR count). The first-order valence-corrected chi connectivity index (χ1v) is 13.3. The lowest BCUT2D eigenvalue weighted by Crippen LogP contribution is -2.69. The molecular weight excluding hydrogens is 552 g/mol. The van der Waals surface area contributed by atoms with Crippen LogP contribution in [0.15, 0.2) is 0 Å². The van der Waals surface area contributed by atoms with Gasteiger partial charge in [-0.05, 0) is 6.42 Å². The van der Waals surface area contributed by atoms with Crippen LogP contribution in [-0.2, 0) is 23.7 Å². The van der Waals surface area contributed by atoms with Crippen molar-refractivity contribution in [2.45, 2.75) is 105 Å². The predicted octanol–water partition coefficient (Wildman–Crippen LogP) is -8.29. The van der Waals surface area contributed by atoms with Crippen molar-refractivity contribution >= 4 is 11.9 Å². The highest BCUT2D eigenvalue weighted by Crippen LogP contribution is 2.32. The monoisotopic (exact) mass is 596 g/mol. The van der Waals surface area contributed by atoms with Gasteiger partial charge in [0, 0.05) is 25.6 Å². The highest BCUT2D eigenvalue weighted by Gasteiger charge is 2.51. The van der Waals surface area contributed by atoms with Gasteiger partial charge >= 0.3 is 0 Å². The molecular formula is C22H44N8O11. The summed E-state index contributed by atoms with van der Waals surface area (Å²) in [6.07, 6.45) is -14.8. The Labute approximate surface area is 235 Å². The second-order valence-corrected chi connectivity index (χ2v) is 10.5. The average molecular weight is 597 g/mol. The summed E-state index contributed by atoms with van der Waals surface area (Å²) in [5, 5.41) is 74.8. The topological polar surface area (TPSA) is 353 Å². The first-order valence-electron chi connectivity index (χ1n) is 13.3. The number of carbonyl (C=O) groups is 1. The summed E-state index contributed by atoms with van der Waals surface area (Å²) in [6.45, 7) is -1.12. The molecule has 2 heterocycles. The number of ether oxygens (including phenoxy) is 4. The van der Waals surface area contributed by atoms with Crippen molar-refractivity contribution in [2.75, 3.05) is 19.7 Å². The molecule has 19 N–H and O–H groups in total. The lowest BCUT2D eigenvalue weighted by Gasteiger charge is -2.49. The molecule has 0 bridgehead atoms. The number of guanidine groups is 1. The fourth-order valence-electron chi connectivity index (χ4n) is 5.21. The summed E-state index contributed by atoms with van der Waals surface area (Å²) in [5.41, 5.74) is 28.8. The number of hydrogen-bond acceptors (Lipinski definition) is 16. The number of amides is 1. The summed E-state index contributed by atoms with van der Waals surface area (Å²) in [4.78, 5) is 12.5. The zero-order chi connectivity index (χ0) is 30.6. The minimum absolute atomic E-state index is 0.0324. The molecule has 41 heavy (non-hydrogen) atoms. The van der Waals surface area contributed by atoms with E-state index in [-0.39, 0.29) is 19.4 Å². The minimum atomic E-state index is -1.64. The first-order chi connectivity index (χ1) is 19.3. The van der Waals surface area contributed by atoms with E-state index in [0.29, 0.717) is 0 Å². The Morgan fingerprint density at radius 1 is 0.927 bits per heavy atom. The van der Waals surface area contributed by atoms with E-state index < -0.39 is 117 Å². The van der Waals surface area contributed by atoms with Crippen LogP contribution in [0.1, 0.15) is 12.8 Å². The van der Waals surface area contributed by atoms with E-state index in [4.69, 9.17) is 53.0 Å². The molecule has 1 amide bonds. The standard InChI is InChI=1S/C22H44N8O11/c23-3-10(33)19(37)29-7-1-6(25)17(40-20-8(30-22(27)28)2-9(32)11(4-24)38-20)16(36)18(7)41-21-15(35)13(26)14(34)12(5-31)39-21/h6-18,20-21,31-36H,1-5,23-26H2,(H,29,37)(H4,27,28,30)/t6-,7+,8+,9-,10-,11+,12+,13-,14+,15+,16-,17?,18-,20+,21+/m0/s1. The number of hydrogen-bond donors (Lipinski definition) is 14. The first kappa shape index (κ1) is 33.7. The average Bonchev–Trinajstić information content (AvgIpc) is 2.93. The maximum absolute atomic E-state index is 12.5. The second kappa shape index (κ2) is 14.6. The molecule has 2 aliphatic heterocycles. The number of aliphatic hydroxyl groups is 6. The molecule has 19 heteroatoms. The number of rotatable bonds is 10. The zero-order valence-corrected chi connectivity index (χ0v) is 22.3. The fourth-order valence-corrected chi connectivity index (χ4v) is 5.21. The molecule has 0 aromatic carbocycles. The van der Waals surface area contributed by atoms with Crippen molar-refractivity contribution in [1.82, 2.24) is 10.6 Å². The number of aliphatic hydroxyl groups excluding tert-OH is 6. The van der Waals surface area contributed by atoms with Crippen molar-refractivity contribution in [2.24, 2.45) is 28.7 Å². The van der Waals surface area contributed by atoms with Crippen molar-refractivity contribution in [3.63, 3.8) is 0 Å². The third kappa shape index (κ3) is 7.77. The molecule has 238 valence electrons. The van der Waals surface area contributed by atoms with Crippen LogP contribution in [0.2, 0.25) is 0 Å². The van der Waals surface area contributed by atoms with Gasteiger partial charge in [-0.25, -0.2) is 0 Å². The molecule has 0 spiro atoms. The van der Waals surface area contributed by atoms with Gasteiger partial charge in [-0.2, -0.15) is 0 Å². The summed E-state index contributed by atoms with van der Waals surface area (Å²) >= 11 is 0. The number of nitrogens with one attached hydrogen (secondary N) is 3. The van der Waals surface area contributed by atoms with Gasteiger partial charge in [-0.15, -0.1) is 0 Å². The zero-order valence-electron chi connectivity index (χ0n) is 22.3. The molecule has 0 radical (unpaired) electrons. The van der Waals surface area contributed by atoms with E-state index in [2.05, 4.69) is 10.6 Å². The quantitative estimate of drug-likeness (QED) is 0.0821. The van der Waals surface area contributed by atoms with Gasteiger partial charge in [0.25, 0.3) is 0 Å². The third-order valence-electron chi connectivity index (χ3n) is 7.53. The Morgan fingerprint density at radius 2 is 1.56 bits per heavy atom. The molecule has 1 aliphatic carbocycles. The van der Waals surface area contributed by atoms with E-state index in [9.17, 15) is 35.4 Å². The Hall–Kier alpha value is -1.82. The van der Waals surface area contributed by atoms with Crippen LogP contribution in [0.5, 0.6) is 0 Å². The van der Waals surface area contributed by atoms with Crippen LogP contribution in [0.3, 0.4) is 0 Å². The van der Waals surface area contributed by atoms with E-state index in [0.717, 1.165) is 0 Å².